The standard InChI is InChI=1S/C15H25NO2S/c1-5-18-15(8-6-10(2)7-9-15)14-16-11(3)13(19-14)12(4)17/h10,12,17H,5-9H2,1-4H3. The maximum absolute atomic E-state index is 9.80. The molecule has 1 N–H and O–H groups in total. The van der Waals surface area contributed by atoms with Crippen molar-refractivity contribution >= 4 is 11.3 Å². The molecular weight excluding hydrogens is 258 g/mol. The summed E-state index contributed by atoms with van der Waals surface area (Å²) in [4.78, 5) is 5.68. The van der Waals surface area contributed by atoms with Gasteiger partial charge >= 0.3 is 0 Å². The summed E-state index contributed by atoms with van der Waals surface area (Å²) in [5.74, 6) is 0.783. The third-order valence-electron chi connectivity index (χ3n) is 4.10. The molecule has 0 radical (unpaired) electrons. The molecule has 19 heavy (non-hydrogen) atoms. The molecule has 1 aromatic heterocycles. The lowest BCUT2D eigenvalue weighted by Crippen LogP contribution is -2.34. The van der Waals surface area contributed by atoms with Gasteiger partial charge in [0, 0.05) is 6.61 Å². The van der Waals surface area contributed by atoms with Crippen LogP contribution in [0.4, 0.5) is 0 Å². The highest BCUT2D eigenvalue weighted by atomic mass is 32.1. The second kappa shape index (κ2) is 5.90. The average Bonchev–Trinajstić information content (AvgIpc) is 2.75. The highest BCUT2D eigenvalue weighted by molar-refractivity contribution is 7.12. The highest BCUT2D eigenvalue weighted by Gasteiger charge is 2.39. The van der Waals surface area contributed by atoms with Crippen molar-refractivity contribution in [3.8, 4) is 0 Å². The van der Waals surface area contributed by atoms with Crippen molar-refractivity contribution in [2.75, 3.05) is 6.61 Å². The molecule has 0 aromatic carbocycles. The van der Waals surface area contributed by atoms with E-state index in [9.17, 15) is 5.11 Å². The first-order valence-electron chi connectivity index (χ1n) is 7.28. The SMILES string of the molecule is CCOC1(c2nc(C)c(C(C)O)s2)CCC(C)CC1. The predicted molar refractivity (Wildman–Crippen MR) is 78.4 cm³/mol. The number of aryl methyl sites for hydroxylation is 1. The Morgan fingerprint density at radius 3 is 2.58 bits per heavy atom. The lowest BCUT2D eigenvalue weighted by Gasteiger charge is -2.37. The van der Waals surface area contributed by atoms with Crippen molar-refractivity contribution in [3.63, 3.8) is 0 Å². The summed E-state index contributed by atoms with van der Waals surface area (Å²) in [7, 11) is 0. The Morgan fingerprint density at radius 2 is 2.11 bits per heavy atom. The van der Waals surface area contributed by atoms with Gasteiger partial charge in [-0.25, -0.2) is 4.98 Å². The number of aliphatic hydroxyl groups excluding tert-OH is 1. The van der Waals surface area contributed by atoms with E-state index >= 15 is 0 Å². The van der Waals surface area contributed by atoms with Crippen molar-refractivity contribution in [2.24, 2.45) is 5.92 Å². The summed E-state index contributed by atoms with van der Waals surface area (Å²) in [5.41, 5.74) is 0.747. The van der Waals surface area contributed by atoms with Crippen LogP contribution in [0.25, 0.3) is 0 Å². The van der Waals surface area contributed by atoms with E-state index in [-0.39, 0.29) is 5.60 Å². The Morgan fingerprint density at radius 1 is 1.47 bits per heavy atom. The Bertz CT molecular complexity index is 420. The molecule has 0 aliphatic heterocycles. The molecule has 1 fully saturated rings. The first-order valence-corrected chi connectivity index (χ1v) is 8.10. The lowest BCUT2D eigenvalue weighted by atomic mass is 9.79. The average molecular weight is 283 g/mol. The Balaban J connectivity index is 2.31. The molecule has 0 amide bonds. The second-order valence-corrected chi connectivity index (χ2v) is 6.79. The van der Waals surface area contributed by atoms with E-state index in [2.05, 4.69) is 13.8 Å². The van der Waals surface area contributed by atoms with E-state index in [0.29, 0.717) is 0 Å². The van der Waals surface area contributed by atoms with Crippen molar-refractivity contribution in [3.05, 3.63) is 15.6 Å². The molecule has 0 spiro atoms. The van der Waals surface area contributed by atoms with Crippen LogP contribution in [-0.4, -0.2) is 16.7 Å². The maximum atomic E-state index is 9.80. The van der Waals surface area contributed by atoms with Crippen LogP contribution < -0.4 is 0 Å². The first-order chi connectivity index (χ1) is 8.98. The van der Waals surface area contributed by atoms with E-state index in [4.69, 9.17) is 9.72 Å². The van der Waals surface area contributed by atoms with Crippen molar-refractivity contribution in [1.82, 2.24) is 4.98 Å². The van der Waals surface area contributed by atoms with Crippen molar-refractivity contribution in [2.45, 2.75) is 65.1 Å². The van der Waals surface area contributed by atoms with Crippen LogP contribution in [0.5, 0.6) is 0 Å². The number of hydrogen-bond donors (Lipinski definition) is 1. The minimum Gasteiger partial charge on any atom is -0.388 e. The fourth-order valence-corrected chi connectivity index (χ4v) is 4.12. The summed E-state index contributed by atoms with van der Waals surface area (Å²) in [6, 6.07) is 0. The maximum Gasteiger partial charge on any atom is 0.125 e. The highest BCUT2D eigenvalue weighted by Crippen LogP contribution is 2.45. The number of ether oxygens (including phenoxy) is 1. The van der Waals surface area contributed by atoms with Gasteiger partial charge in [-0.05, 0) is 52.4 Å². The third kappa shape index (κ3) is 3.01. The molecule has 3 nitrogen and oxygen atoms in total. The van der Waals surface area contributed by atoms with Crippen LogP contribution in [-0.2, 0) is 10.3 Å². The molecule has 1 aliphatic carbocycles. The topological polar surface area (TPSA) is 42.4 Å². The summed E-state index contributed by atoms with van der Waals surface area (Å²) in [6.45, 7) is 8.87. The van der Waals surface area contributed by atoms with E-state index < -0.39 is 6.10 Å². The van der Waals surface area contributed by atoms with Crippen molar-refractivity contribution in [1.29, 1.82) is 0 Å². The van der Waals surface area contributed by atoms with Crippen LogP contribution in [0, 0.1) is 12.8 Å². The van der Waals surface area contributed by atoms with Gasteiger partial charge in [-0.2, -0.15) is 0 Å². The van der Waals surface area contributed by atoms with Gasteiger partial charge in [-0.15, -0.1) is 11.3 Å². The smallest absolute Gasteiger partial charge is 0.125 e. The molecule has 4 heteroatoms. The monoisotopic (exact) mass is 283 g/mol. The van der Waals surface area contributed by atoms with Gasteiger partial charge in [0.25, 0.3) is 0 Å². The molecule has 1 unspecified atom stereocenters. The largest absolute Gasteiger partial charge is 0.388 e. The van der Waals surface area contributed by atoms with Gasteiger partial charge in [0.05, 0.1) is 16.7 Å². The van der Waals surface area contributed by atoms with E-state index in [0.717, 1.165) is 40.9 Å². The molecule has 0 bridgehead atoms. The molecule has 1 aromatic rings. The fourth-order valence-electron chi connectivity index (χ4n) is 2.92. The van der Waals surface area contributed by atoms with Crippen molar-refractivity contribution < 1.29 is 9.84 Å². The van der Waals surface area contributed by atoms with Gasteiger partial charge in [-0.3, -0.25) is 0 Å². The summed E-state index contributed by atoms with van der Waals surface area (Å²) < 4.78 is 6.12. The minimum absolute atomic E-state index is 0.205. The Kier molecular flexibility index (Phi) is 4.64. The Labute approximate surface area is 120 Å². The molecule has 1 heterocycles. The minimum atomic E-state index is -0.438. The summed E-state index contributed by atoms with van der Waals surface area (Å²) in [5, 5.41) is 10.9. The van der Waals surface area contributed by atoms with E-state index in [1.165, 1.54) is 12.8 Å². The summed E-state index contributed by atoms with van der Waals surface area (Å²) in [6.07, 6.45) is 4.06. The van der Waals surface area contributed by atoms with Gasteiger partial charge in [0.1, 0.15) is 10.6 Å². The molecule has 2 rings (SSSR count). The van der Waals surface area contributed by atoms with Crippen LogP contribution in [0.15, 0.2) is 0 Å². The Hall–Kier alpha value is -0.450. The van der Waals surface area contributed by atoms with Gasteiger partial charge < -0.3 is 9.84 Å². The predicted octanol–water partition coefficient (Wildman–Crippen LogP) is 3.95. The zero-order valence-electron chi connectivity index (χ0n) is 12.4. The number of rotatable bonds is 4. The van der Waals surface area contributed by atoms with Crippen LogP contribution >= 0.6 is 11.3 Å². The van der Waals surface area contributed by atoms with E-state index in [1.807, 2.05) is 6.92 Å². The first kappa shape index (κ1) is 14.9. The number of aliphatic hydroxyl groups is 1. The third-order valence-corrected chi connectivity index (χ3v) is 5.62. The van der Waals surface area contributed by atoms with Crippen LogP contribution in [0.3, 0.4) is 0 Å². The number of hydrogen-bond acceptors (Lipinski definition) is 4. The molecule has 1 aliphatic rings. The normalized spacial score (nSPS) is 29.4. The quantitative estimate of drug-likeness (QED) is 0.910. The molecular formula is C15H25NO2S. The number of aromatic nitrogens is 1. The number of nitrogens with zero attached hydrogens (tertiary/aromatic N) is 1. The second-order valence-electron chi connectivity index (χ2n) is 5.75. The molecule has 0 saturated heterocycles. The molecule has 1 saturated carbocycles. The molecule has 108 valence electrons. The molecule has 1 atom stereocenters. The summed E-state index contributed by atoms with van der Waals surface area (Å²) >= 11 is 1.63. The lowest BCUT2D eigenvalue weighted by molar-refractivity contribution is -0.0776. The zero-order valence-corrected chi connectivity index (χ0v) is 13.2. The zero-order chi connectivity index (χ0) is 14.0. The van der Waals surface area contributed by atoms with Gasteiger partial charge in [-0.1, -0.05) is 6.92 Å². The van der Waals surface area contributed by atoms with Crippen LogP contribution in [0.1, 0.15) is 68.1 Å². The van der Waals surface area contributed by atoms with Gasteiger partial charge in [0.2, 0.25) is 0 Å². The fraction of sp³-hybridized carbons (Fsp3) is 0.800. The number of thiazole rings is 1. The van der Waals surface area contributed by atoms with Gasteiger partial charge in [0.15, 0.2) is 0 Å². The van der Waals surface area contributed by atoms with E-state index in [1.54, 1.807) is 18.3 Å². The van der Waals surface area contributed by atoms with Crippen LogP contribution in [0.2, 0.25) is 0 Å².